The van der Waals surface area contributed by atoms with Gasteiger partial charge in [-0.05, 0) is 51.0 Å². The number of hydrogen-bond acceptors (Lipinski definition) is 4. The van der Waals surface area contributed by atoms with Crippen molar-refractivity contribution < 1.29 is 19.0 Å². The van der Waals surface area contributed by atoms with Crippen molar-refractivity contribution in [2.75, 3.05) is 13.2 Å². The van der Waals surface area contributed by atoms with Gasteiger partial charge in [-0.3, -0.25) is 0 Å². The molecule has 1 saturated carbocycles. The van der Waals surface area contributed by atoms with Crippen LogP contribution in [-0.4, -0.2) is 31.6 Å². The van der Waals surface area contributed by atoms with Gasteiger partial charge in [0.05, 0.1) is 12.7 Å². The van der Waals surface area contributed by atoms with Gasteiger partial charge in [0.15, 0.2) is 6.29 Å². The third-order valence-electron chi connectivity index (χ3n) is 4.27. The van der Waals surface area contributed by atoms with E-state index in [1.165, 1.54) is 38.2 Å². The molecule has 21 heavy (non-hydrogen) atoms. The Hall–Kier alpha value is -0.870. The van der Waals surface area contributed by atoms with Crippen LogP contribution in [0.25, 0.3) is 0 Å². The Morgan fingerprint density at radius 3 is 2.62 bits per heavy atom. The van der Waals surface area contributed by atoms with Crippen molar-refractivity contribution in [2.45, 2.75) is 70.7 Å². The quantitative estimate of drug-likeness (QED) is 0.555. The fourth-order valence-corrected chi connectivity index (χ4v) is 3.13. The summed E-state index contributed by atoms with van der Waals surface area (Å²) >= 11 is 0. The molecule has 4 nitrogen and oxygen atoms in total. The van der Waals surface area contributed by atoms with Crippen molar-refractivity contribution in [3.05, 3.63) is 12.2 Å². The molecule has 2 aliphatic rings. The molecule has 0 spiro atoms. The van der Waals surface area contributed by atoms with Gasteiger partial charge in [-0.1, -0.05) is 19.3 Å². The Balaban J connectivity index is 1.93. The Morgan fingerprint density at radius 1 is 1.19 bits per heavy atom. The van der Waals surface area contributed by atoms with Crippen molar-refractivity contribution in [1.29, 1.82) is 0 Å². The molecule has 0 aromatic carbocycles. The highest BCUT2D eigenvalue weighted by Crippen LogP contribution is 2.30. The lowest BCUT2D eigenvalue weighted by atomic mass is 9.85. The zero-order valence-electron chi connectivity index (χ0n) is 13.1. The Labute approximate surface area is 127 Å². The summed E-state index contributed by atoms with van der Waals surface area (Å²) in [6.45, 7) is 3.00. The average Bonchev–Trinajstić information content (AvgIpc) is 2.53. The molecule has 120 valence electrons. The molecule has 1 heterocycles. The molecule has 1 aliphatic heterocycles. The summed E-state index contributed by atoms with van der Waals surface area (Å²) in [6.07, 6.45) is 12.6. The van der Waals surface area contributed by atoms with Crippen LogP contribution in [0.3, 0.4) is 0 Å². The second-order valence-corrected chi connectivity index (χ2v) is 5.91. The Morgan fingerprint density at radius 2 is 1.95 bits per heavy atom. The fourth-order valence-electron chi connectivity index (χ4n) is 3.13. The second kappa shape index (κ2) is 9.21. The third kappa shape index (κ3) is 5.79. The minimum Gasteiger partial charge on any atom is -0.463 e. The first-order valence-corrected chi connectivity index (χ1v) is 8.41. The number of carbonyl (C=O) groups is 1. The molecule has 1 saturated heterocycles. The highest BCUT2D eigenvalue weighted by molar-refractivity contribution is 5.81. The maximum atomic E-state index is 11.5. The van der Waals surface area contributed by atoms with Crippen LogP contribution in [-0.2, 0) is 19.0 Å². The number of rotatable bonds is 6. The number of esters is 1. The molecule has 2 atom stereocenters. The maximum Gasteiger partial charge on any atom is 0.330 e. The molecule has 0 bridgehead atoms. The number of carbonyl (C=O) groups excluding carboxylic acids is 1. The number of ether oxygens (including phenoxy) is 3. The summed E-state index contributed by atoms with van der Waals surface area (Å²) in [4.78, 5) is 11.5. The summed E-state index contributed by atoms with van der Waals surface area (Å²) in [7, 11) is 0. The molecular weight excluding hydrogens is 268 g/mol. The van der Waals surface area contributed by atoms with Crippen LogP contribution in [0.15, 0.2) is 12.2 Å². The van der Waals surface area contributed by atoms with E-state index in [0.29, 0.717) is 12.5 Å². The normalized spacial score (nSPS) is 25.9. The standard InChI is InChI=1S/C17H28O4/c1-2-19-16(18)12-11-15(14-8-4-3-5-9-14)21-17-10-6-7-13-20-17/h11-12,14-15,17H,2-10,13H2,1H3/b12-11-/t15-,17?/m0/s1. The highest BCUT2D eigenvalue weighted by Gasteiger charge is 2.26. The van der Waals surface area contributed by atoms with E-state index in [2.05, 4.69) is 0 Å². The summed E-state index contributed by atoms with van der Waals surface area (Å²) in [5.74, 6) is 0.210. The van der Waals surface area contributed by atoms with Gasteiger partial charge in [-0.2, -0.15) is 0 Å². The van der Waals surface area contributed by atoms with Gasteiger partial charge in [0, 0.05) is 12.7 Å². The van der Waals surface area contributed by atoms with E-state index in [0.717, 1.165) is 25.9 Å². The van der Waals surface area contributed by atoms with Crippen LogP contribution in [0.5, 0.6) is 0 Å². The lowest BCUT2D eigenvalue weighted by molar-refractivity contribution is -0.189. The van der Waals surface area contributed by atoms with Crippen LogP contribution in [0.4, 0.5) is 0 Å². The zero-order chi connectivity index (χ0) is 14.9. The lowest BCUT2D eigenvalue weighted by Gasteiger charge is -2.32. The van der Waals surface area contributed by atoms with Gasteiger partial charge >= 0.3 is 5.97 Å². The van der Waals surface area contributed by atoms with Crippen LogP contribution in [0, 0.1) is 5.92 Å². The first kappa shape index (κ1) is 16.5. The minimum atomic E-state index is -0.286. The minimum absolute atomic E-state index is 0.0298. The predicted molar refractivity (Wildman–Crippen MR) is 80.8 cm³/mol. The van der Waals surface area contributed by atoms with Gasteiger partial charge in [0.1, 0.15) is 0 Å². The molecule has 0 aromatic heterocycles. The monoisotopic (exact) mass is 296 g/mol. The molecule has 0 radical (unpaired) electrons. The van der Waals surface area contributed by atoms with Gasteiger partial charge in [0.25, 0.3) is 0 Å². The van der Waals surface area contributed by atoms with Crippen molar-refractivity contribution in [1.82, 2.24) is 0 Å². The van der Waals surface area contributed by atoms with E-state index < -0.39 is 0 Å². The topological polar surface area (TPSA) is 44.8 Å². The van der Waals surface area contributed by atoms with Crippen molar-refractivity contribution in [3.8, 4) is 0 Å². The van der Waals surface area contributed by atoms with E-state index in [1.807, 2.05) is 13.0 Å². The highest BCUT2D eigenvalue weighted by atomic mass is 16.7. The van der Waals surface area contributed by atoms with Crippen molar-refractivity contribution in [2.24, 2.45) is 5.92 Å². The van der Waals surface area contributed by atoms with Crippen LogP contribution in [0.1, 0.15) is 58.3 Å². The molecule has 2 fully saturated rings. The van der Waals surface area contributed by atoms with Crippen LogP contribution < -0.4 is 0 Å². The molecular formula is C17H28O4. The van der Waals surface area contributed by atoms with Gasteiger partial charge in [-0.25, -0.2) is 4.79 Å². The zero-order valence-corrected chi connectivity index (χ0v) is 13.1. The molecule has 1 aliphatic carbocycles. The van der Waals surface area contributed by atoms with Crippen molar-refractivity contribution in [3.63, 3.8) is 0 Å². The molecule has 4 heteroatoms. The van der Waals surface area contributed by atoms with Crippen LogP contribution >= 0.6 is 0 Å². The van der Waals surface area contributed by atoms with Gasteiger partial charge in [0.2, 0.25) is 0 Å². The van der Waals surface area contributed by atoms with E-state index in [9.17, 15) is 4.79 Å². The van der Waals surface area contributed by atoms with E-state index in [4.69, 9.17) is 14.2 Å². The first-order valence-electron chi connectivity index (χ1n) is 8.41. The summed E-state index contributed by atoms with van der Waals surface area (Å²) < 4.78 is 16.8. The molecule has 0 aromatic rings. The second-order valence-electron chi connectivity index (χ2n) is 5.91. The lowest BCUT2D eigenvalue weighted by Crippen LogP contribution is -2.32. The third-order valence-corrected chi connectivity index (χ3v) is 4.27. The number of hydrogen-bond donors (Lipinski definition) is 0. The molecule has 1 unspecified atom stereocenters. The smallest absolute Gasteiger partial charge is 0.330 e. The largest absolute Gasteiger partial charge is 0.463 e. The molecule has 0 N–H and O–H groups in total. The Kier molecular flexibility index (Phi) is 7.24. The van der Waals surface area contributed by atoms with Crippen LogP contribution in [0.2, 0.25) is 0 Å². The summed E-state index contributed by atoms with van der Waals surface area (Å²) in [6, 6.07) is 0. The maximum absolute atomic E-state index is 11.5. The van der Waals surface area contributed by atoms with Gasteiger partial charge in [-0.15, -0.1) is 0 Å². The fraction of sp³-hybridized carbons (Fsp3) is 0.824. The average molecular weight is 296 g/mol. The van der Waals surface area contributed by atoms with Crippen molar-refractivity contribution >= 4 is 5.97 Å². The molecule has 2 rings (SSSR count). The van der Waals surface area contributed by atoms with E-state index in [1.54, 1.807) is 0 Å². The Bertz CT molecular complexity index is 328. The SMILES string of the molecule is CCOC(=O)/C=C\[C@H](OC1CCCCO1)C1CCCCC1. The first-order chi connectivity index (χ1) is 10.3. The summed E-state index contributed by atoms with van der Waals surface area (Å²) in [5, 5.41) is 0. The molecule has 0 amide bonds. The van der Waals surface area contributed by atoms with E-state index in [-0.39, 0.29) is 18.4 Å². The summed E-state index contributed by atoms with van der Waals surface area (Å²) in [5.41, 5.74) is 0. The van der Waals surface area contributed by atoms with E-state index >= 15 is 0 Å². The van der Waals surface area contributed by atoms with Gasteiger partial charge < -0.3 is 14.2 Å². The predicted octanol–water partition coefficient (Wildman–Crippen LogP) is 3.60.